The standard InChI is InChI=1S/C26H22F6O7S/c1-14-11-16(7-9-20(14)33)22(17-8-10-21(34)15(2)12-17)18-5-3-4-6-19(18)23(35)39-24(25(27,28)29,26(30,31)32)13-40(36,37)38/h3-12,22,33-34H,13H2,1-2H3,(H,36,37,38). The minimum atomic E-state index is -6.49. The largest absolute Gasteiger partial charge is 0.508 e. The van der Waals surface area contributed by atoms with Gasteiger partial charge in [0.1, 0.15) is 17.3 Å². The van der Waals surface area contributed by atoms with Gasteiger partial charge in [-0.3, -0.25) is 4.55 Å². The van der Waals surface area contributed by atoms with Crippen molar-refractivity contribution in [1.29, 1.82) is 0 Å². The fraction of sp³-hybridized carbons (Fsp3) is 0.269. The summed E-state index contributed by atoms with van der Waals surface area (Å²) in [5.41, 5.74) is -5.05. The predicted octanol–water partition coefficient (Wildman–Crippen LogP) is 5.80. The van der Waals surface area contributed by atoms with E-state index in [1.165, 1.54) is 62.4 Å². The first kappa shape index (κ1) is 30.8. The van der Waals surface area contributed by atoms with Crippen molar-refractivity contribution in [2.24, 2.45) is 0 Å². The monoisotopic (exact) mass is 592 g/mol. The summed E-state index contributed by atoms with van der Waals surface area (Å²) in [5, 5.41) is 19.9. The smallest absolute Gasteiger partial charge is 0.438 e. The number of esters is 1. The van der Waals surface area contributed by atoms with Gasteiger partial charge < -0.3 is 14.9 Å². The molecule has 0 amide bonds. The van der Waals surface area contributed by atoms with Crippen LogP contribution in [-0.2, 0) is 14.9 Å². The Morgan fingerprint density at radius 2 is 1.27 bits per heavy atom. The number of hydrogen-bond donors (Lipinski definition) is 3. The van der Waals surface area contributed by atoms with Crippen LogP contribution in [0, 0.1) is 13.8 Å². The van der Waals surface area contributed by atoms with Crippen molar-refractivity contribution in [3.63, 3.8) is 0 Å². The minimum absolute atomic E-state index is 0.109. The number of carbonyl (C=O) groups excluding carboxylic acids is 1. The van der Waals surface area contributed by atoms with Gasteiger partial charge in [0, 0.05) is 5.92 Å². The molecule has 3 aromatic rings. The fourth-order valence-corrected chi connectivity index (χ4v) is 5.04. The number of benzene rings is 3. The summed E-state index contributed by atoms with van der Waals surface area (Å²) in [6, 6.07) is 13.1. The number of aryl methyl sites for hydroxylation is 2. The molecule has 3 rings (SSSR count). The molecule has 0 aliphatic carbocycles. The molecule has 0 atom stereocenters. The number of ether oxygens (including phenoxy) is 1. The van der Waals surface area contributed by atoms with Gasteiger partial charge in [0.15, 0.2) is 0 Å². The zero-order valence-corrected chi connectivity index (χ0v) is 21.5. The number of carbonyl (C=O) groups is 1. The Kier molecular flexibility index (Phi) is 8.19. The number of alkyl halides is 6. The molecule has 0 saturated carbocycles. The van der Waals surface area contributed by atoms with E-state index in [9.17, 15) is 49.8 Å². The molecule has 3 aromatic carbocycles. The van der Waals surface area contributed by atoms with Crippen molar-refractivity contribution >= 4 is 16.1 Å². The second kappa shape index (κ2) is 10.7. The fourth-order valence-electron chi connectivity index (χ4n) is 4.14. The Hall–Kier alpha value is -3.78. The van der Waals surface area contributed by atoms with E-state index in [1.54, 1.807) is 0 Å². The molecule has 0 aliphatic heterocycles. The lowest BCUT2D eigenvalue weighted by molar-refractivity contribution is -0.356. The third-order valence-electron chi connectivity index (χ3n) is 6.17. The molecular formula is C26H22F6O7S. The lowest BCUT2D eigenvalue weighted by Gasteiger charge is -2.35. The van der Waals surface area contributed by atoms with Crippen molar-refractivity contribution in [2.45, 2.75) is 37.7 Å². The third-order valence-corrected chi connectivity index (χ3v) is 6.94. The number of aromatic hydroxyl groups is 2. The molecule has 0 unspecified atom stereocenters. The van der Waals surface area contributed by atoms with Crippen LogP contribution < -0.4 is 0 Å². The molecule has 216 valence electrons. The molecule has 7 nitrogen and oxygen atoms in total. The lowest BCUT2D eigenvalue weighted by atomic mass is 9.81. The van der Waals surface area contributed by atoms with E-state index in [0.717, 1.165) is 12.1 Å². The van der Waals surface area contributed by atoms with Crippen LogP contribution in [0.1, 0.15) is 44.1 Å². The summed E-state index contributed by atoms with van der Waals surface area (Å²) in [6.07, 6.45) is -13.0. The van der Waals surface area contributed by atoms with Gasteiger partial charge in [-0.25, -0.2) is 4.79 Å². The number of phenols is 2. The average molecular weight is 593 g/mol. The van der Waals surface area contributed by atoms with E-state index < -0.39 is 51.3 Å². The summed E-state index contributed by atoms with van der Waals surface area (Å²) < 4.78 is 118. The summed E-state index contributed by atoms with van der Waals surface area (Å²) in [4.78, 5) is 13.1. The third kappa shape index (κ3) is 6.17. The molecule has 14 heteroatoms. The lowest BCUT2D eigenvalue weighted by Crippen LogP contribution is -2.63. The van der Waals surface area contributed by atoms with Crippen molar-refractivity contribution in [3.05, 3.63) is 94.0 Å². The van der Waals surface area contributed by atoms with Gasteiger partial charge in [0.05, 0.1) is 5.56 Å². The van der Waals surface area contributed by atoms with Crippen LogP contribution in [0.15, 0.2) is 60.7 Å². The van der Waals surface area contributed by atoms with E-state index in [-0.39, 0.29) is 17.1 Å². The molecular weight excluding hydrogens is 570 g/mol. The van der Waals surface area contributed by atoms with Gasteiger partial charge in [0.2, 0.25) is 0 Å². The Labute approximate surface area is 224 Å². The van der Waals surface area contributed by atoms with Crippen LogP contribution in [0.5, 0.6) is 11.5 Å². The molecule has 3 N–H and O–H groups in total. The molecule has 0 radical (unpaired) electrons. The maximum absolute atomic E-state index is 13.8. The maximum Gasteiger partial charge on any atom is 0.438 e. The Balaban J connectivity index is 2.27. The molecule has 0 fully saturated rings. The Bertz CT molecular complexity index is 1470. The molecule has 40 heavy (non-hydrogen) atoms. The highest BCUT2D eigenvalue weighted by molar-refractivity contribution is 7.85. The van der Waals surface area contributed by atoms with Gasteiger partial charge in [-0.1, -0.05) is 42.5 Å². The maximum atomic E-state index is 13.8. The first-order valence-corrected chi connectivity index (χ1v) is 12.9. The molecule has 0 heterocycles. The summed E-state index contributed by atoms with van der Waals surface area (Å²) >= 11 is 0. The zero-order chi connectivity index (χ0) is 30.3. The van der Waals surface area contributed by atoms with Crippen LogP contribution >= 0.6 is 0 Å². The van der Waals surface area contributed by atoms with E-state index in [2.05, 4.69) is 4.74 Å². The number of rotatable bonds is 7. The van der Waals surface area contributed by atoms with Gasteiger partial charge in [-0.2, -0.15) is 34.8 Å². The SMILES string of the molecule is Cc1cc(C(c2ccc(O)c(C)c2)c2ccccc2C(=O)OC(CS(=O)(=O)O)(C(F)(F)F)C(F)(F)F)ccc1O. The molecule has 0 aliphatic rings. The van der Waals surface area contributed by atoms with Crippen LogP contribution in [0.25, 0.3) is 0 Å². The average Bonchev–Trinajstić information content (AvgIpc) is 2.81. The van der Waals surface area contributed by atoms with Crippen molar-refractivity contribution in [2.75, 3.05) is 5.75 Å². The highest BCUT2D eigenvalue weighted by Gasteiger charge is 2.76. The van der Waals surface area contributed by atoms with E-state index in [4.69, 9.17) is 4.55 Å². The highest BCUT2D eigenvalue weighted by atomic mass is 32.2. The minimum Gasteiger partial charge on any atom is -0.508 e. The molecule has 0 bridgehead atoms. The van der Waals surface area contributed by atoms with Crippen LogP contribution in [0.2, 0.25) is 0 Å². The van der Waals surface area contributed by atoms with Gasteiger partial charge in [0.25, 0.3) is 10.1 Å². The van der Waals surface area contributed by atoms with Crippen molar-refractivity contribution < 1.29 is 59.1 Å². The second-order valence-corrected chi connectivity index (χ2v) is 10.5. The van der Waals surface area contributed by atoms with Gasteiger partial charge in [-0.05, 0) is 59.9 Å². The number of hydrogen-bond acceptors (Lipinski definition) is 6. The summed E-state index contributed by atoms with van der Waals surface area (Å²) in [7, 11) is -5.97. The van der Waals surface area contributed by atoms with Gasteiger partial charge in [-0.15, -0.1) is 0 Å². The zero-order valence-electron chi connectivity index (χ0n) is 20.7. The molecule has 0 spiro atoms. The highest BCUT2D eigenvalue weighted by Crippen LogP contribution is 2.48. The molecule has 0 aromatic heterocycles. The predicted molar refractivity (Wildman–Crippen MR) is 130 cm³/mol. The Morgan fingerprint density at radius 1 is 0.825 bits per heavy atom. The van der Waals surface area contributed by atoms with E-state index >= 15 is 0 Å². The first-order valence-electron chi connectivity index (χ1n) is 11.3. The summed E-state index contributed by atoms with van der Waals surface area (Å²) in [5.74, 6) is -6.44. The van der Waals surface area contributed by atoms with Crippen LogP contribution in [0.4, 0.5) is 26.3 Å². The van der Waals surface area contributed by atoms with Crippen LogP contribution in [-0.4, -0.2) is 52.9 Å². The quantitative estimate of drug-likeness (QED) is 0.137. The van der Waals surface area contributed by atoms with E-state index in [1.807, 2.05) is 0 Å². The normalized spacial score (nSPS) is 12.9. The van der Waals surface area contributed by atoms with E-state index in [0.29, 0.717) is 22.3 Å². The van der Waals surface area contributed by atoms with Gasteiger partial charge >= 0.3 is 23.9 Å². The van der Waals surface area contributed by atoms with Crippen LogP contribution in [0.3, 0.4) is 0 Å². The van der Waals surface area contributed by atoms with Crippen molar-refractivity contribution in [1.82, 2.24) is 0 Å². The number of phenolic OH excluding ortho intramolecular Hbond substituents is 2. The van der Waals surface area contributed by atoms with Crippen molar-refractivity contribution in [3.8, 4) is 11.5 Å². The second-order valence-electron chi connectivity index (χ2n) is 9.05. The number of halogens is 6. The topological polar surface area (TPSA) is 121 Å². The summed E-state index contributed by atoms with van der Waals surface area (Å²) in [6.45, 7) is 3.07. The first-order chi connectivity index (χ1) is 18.3. The molecule has 0 saturated heterocycles. The Morgan fingerprint density at radius 3 is 1.68 bits per heavy atom.